The first-order valence-electron chi connectivity index (χ1n) is 11.5. The average Bonchev–Trinajstić information content (AvgIpc) is 2.88. The highest BCUT2D eigenvalue weighted by Crippen LogP contribution is 2.33. The third-order valence-electron chi connectivity index (χ3n) is 6.37. The molecule has 0 saturated carbocycles. The number of ether oxygens (including phenoxy) is 1. The number of anilines is 1. The van der Waals surface area contributed by atoms with Crippen molar-refractivity contribution in [3.05, 3.63) is 90.5 Å². The minimum atomic E-state index is -3.44. The minimum Gasteiger partial charge on any atom is -0.497 e. The number of hydrogen-bond acceptors (Lipinski definition) is 5. The summed E-state index contributed by atoms with van der Waals surface area (Å²) < 4.78 is 32.1. The molecular weight excluding hydrogens is 432 g/mol. The number of hydrogen-bond donors (Lipinski definition) is 0. The van der Waals surface area contributed by atoms with Crippen LogP contribution < -0.4 is 9.64 Å². The first-order valence-corrected chi connectivity index (χ1v) is 13.1. The van der Waals surface area contributed by atoms with E-state index in [0.717, 1.165) is 50.5 Å². The fourth-order valence-corrected chi connectivity index (χ4v) is 6.32. The Balaban J connectivity index is 1.35. The highest BCUT2D eigenvalue weighted by molar-refractivity contribution is 7.91. The lowest BCUT2D eigenvalue weighted by Crippen LogP contribution is -2.46. The Bertz CT molecular complexity index is 1100. The molecular formula is C27H32N2O3S. The first-order chi connectivity index (χ1) is 16.1. The van der Waals surface area contributed by atoms with Crippen LogP contribution in [0.4, 0.5) is 5.69 Å². The smallest absolute Gasteiger partial charge is 0.185 e. The maximum atomic E-state index is 13.4. The van der Waals surface area contributed by atoms with Crippen LogP contribution in [0.15, 0.2) is 89.8 Å². The molecule has 33 heavy (non-hydrogen) atoms. The summed E-state index contributed by atoms with van der Waals surface area (Å²) >= 11 is 0. The quantitative estimate of drug-likeness (QED) is 0.455. The molecule has 0 aromatic heterocycles. The summed E-state index contributed by atoms with van der Waals surface area (Å²) in [5.41, 5.74) is 2.08. The minimum absolute atomic E-state index is 0.395. The lowest BCUT2D eigenvalue weighted by molar-refractivity contribution is 0.252. The molecule has 0 N–H and O–H groups in total. The largest absolute Gasteiger partial charge is 0.497 e. The molecule has 1 heterocycles. The zero-order chi connectivity index (χ0) is 23.1. The average molecular weight is 465 g/mol. The number of methoxy groups -OCH3 is 1. The van der Waals surface area contributed by atoms with Crippen molar-refractivity contribution in [3.8, 4) is 5.75 Å². The van der Waals surface area contributed by atoms with E-state index in [-0.39, 0.29) is 0 Å². The molecule has 0 amide bonds. The van der Waals surface area contributed by atoms with Gasteiger partial charge in [0, 0.05) is 31.9 Å². The zero-order valence-electron chi connectivity index (χ0n) is 19.1. The van der Waals surface area contributed by atoms with Gasteiger partial charge in [0.2, 0.25) is 0 Å². The van der Waals surface area contributed by atoms with Gasteiger partial charge in [0.15, 0.2) is 9.84 Å². The van der Waals surface area contributed by atoms with Gasteiger partial charge in [-0.2, -0.15) is 0 Å². The summed E-state index contributed by atoms with van der Waals surface area (Å²) in [4.78, 5) is 5.23. The summed E-state index contributed by atoms with van der Waals surface area (Å²) in [5, 5.41) is -0.526. The van der Waals surface area contributed by atoms with Crippen LogP contribution in [-0.2, 0) is 9.84 Å². The number of nitrogens with zero attached hydrogens (tertiary/aromatic N) is 2. The molecule has 1 aliphatic heterocycles. The highest BCUT2D eigenvalue weighted by atomic mass is 32.2. The van der Waals surface area contributed by atoms with Gasteiger partial charge in [0.25, 0.3) is 0 Å². The molecule has 1 atom stereocenters. The lowest BCUT2D eigenvalue weighted by Gasteiger charge is -2.36. The first kappa shape index (κ1) is 23.3. The van der Waals surface area contributed by atoms with E-state index in [1.807, 2.05) is 48.5 Å². The molecule has 1 fully saturated rings. The third-order valence-corrected chi connectivity index (χ3v) is 8.55. The monoisotopic (exact) mass is 464 g/mol. The predicted octanol–water partition coefficient (Wildman–Crippen LogP) is 4.81. The van der Waals surface area contributed by atoms with Crippen molar-refractivity contribution in [1.29, 1.82) is 0 Å². The van der Waals surface area contributed by atoms with E-state index in [2.05, 4.69) is 21.9 Å². The summed E-state index contributed by atoms with van der Waals surface area (Å²) in [6.45, 7) is 4.80. The van der Waals surface area contributed by atoms with E-state index < -0.39 is 15.1 Å². The van der Waals surface area contributed by atoms with Gasteiger partial charge in [-0.15, -0.1) is 0 Å². The van der Waals surface area contributed by atoms with Crippen LogP contribution in [0.25, 0.3) is 0 Å². The zero-order valence-corrected chi connectivity index (χ0v) is 20.0. The number of sulfone groups is 1. The van der Waals surface area contributed by atoms with Gasteiger partial charge in [-0.3, -0.25) is 4.90 Å². The molecule has 1 saturated heterocycles. The van der Waals surface area contributed by atoms with Crippen LogP contribution in [0.1, 0.15) is 23.7 Å². The van der Waals surface area contributed by atoms with E-state index in [1.165, 1.54) is 5.69 Å². The molecule has 0 spiro atoms. The lowest BCUT2D eigenvalue weighted by atomic mass is 10.1. The standard InChI is InChI=1S/C27H32N2O3S/c1-32-25-16-14-24(15-17-25)29-21-19-28(20-22-29)18-8-13-27(23-9-4-2-5-10-23)33(30,31)26-11-6-3-7-12-26/h2-7,9-12,14-17,27H,8,13,18-22H2,1H3. The Hall–Kier alpha value is -2.83. The van der Waals surface area contributed by atoms with Crippen LogP contribution in [0.3, 0.4) is 0 Å². The van der Waals surface area contributed by atoms with Gasteiger partial charge in [-0.25, -0.2) is 8.42 Å². The number of benzene rings is 3. The topological polar surface area (TPSA) is 49.9 Å². The summed E-state index contributed by atoms with van der Waals surface area (Å²) in [7, 11) is -1.76. The Morgan fingerprint density at radius 2 is 1.42 bits per heavy atom. The molecule has 3 aromatic carbocycles. The van der Waals surface area contributed by atoms with Crippen molar-refractivity contribution >= 4 is 15.5 Å². The second kappa shape index (κ2) is 10.9. The van der Waals surface area contributed by atoms with E-state index in [1.54, 1.807) is 31.4 Å². The van der Waals surface area contributed by atoms with E-state index in [9.17, 15) is 8.42 Å². The summed E-state index contributed by atoms with van der Waals surface area (Å²) in [5.74, 6) is 0.871. The Labute approximate surface area is 197 Å². The molecule has 174 valence electrons. The maximum absolute atomic E-state index is 13.4. The molecule has 5 nitrogen and oxygen atoms in total. The van der Waals surface area contributed by atoms with Gasteiger partial charge >= 0.3 is 0 Å². The van der Waals surface area contributed by atoms with Crippen molar-refractivity contribution < 1.29 is 13.2 Å². The summed E-state index contributed by atoms with van der Waals surface area (Å²) in [6, 6.07) is 26.7. The number of rotatable bonds is 9. The normalized spacial score (nSPS) is 15.8. The Kier molecular flexibility index (Phi) is 7.68. The van der Waals surface area contributed by atoms with E-state index in [0.29, 0.717) is 11.3 Å². The molecule has 1 aliphatic rings. The molecule has 1 unspecified atom stereocenters. The van der Waals surface area contributed by atoms with E-state index in [4.69, 9.17) is 4.74 Å². The van der Waals surface area contributed by atoms with Gasteiger partial charge < -0.3 is 9.64 Å². The molecule has 4 rings (SSSR count). The SMILES string of the molecule is COc1ccc(N2CCN(CCCC(c3ccccc3)S(=O)(=O)c3ccccc3)CC2)cc1. The molecule has 6 heteroatoms. The van der Waals surface area contributed by atoms with Gasteiger partial charge in [0.1, 0.15) is 5.75 Å². The van der Waals surface area contributed by atoms with Gasteiger partial charge in [0.05, 0.1) is 17.3 Å². The fraction of sp³-hybridized carbons (Fsp3) is 0.333. The number of piperazine rings is 1. The fourth-order valence-electron chi connectivity index (χ4n) is 4.47. The Morgan fingerprint density at radius 3 is 2.03 bits per heavy atom. The maximum Gasteiger partial charge on any atom is 0.185 e. The van der Waals surface area contributed by atoms with Crippen molar-refractivity contribution in [2.24, 2.45) is 0 Å². The predicted molar refractivity (Wildman–Crippen MR) is 134 cm³/mol. The third kappa shape index (κ3) is 5.75. The Morgan fingerprint density at radius 1 is 0.818 bits per heavy atom. The molecule has 0 radical (unpaired) electrons. The van der Waals surface area contributed by atoms with Crippen LogP contribution in [-0.4, -0.2) is 53.2 Å². The van der Waals surface area contributed by atoms with Crippen LogP contribution in [0.5, 0.6) is 5.75 Å². The van der Waals surface area contributed by atoms with Crippen molar-refractivity contribution in [1.82, 2.24) is 4.90 Å². The van der Waals surface area contributed by atoms with Crippen LogP contribution in [0.2, 0.25) is 0 Å². The van der Waals surface area contributed by atoms with Crippen LogP contribution in [0, 0.1) is 0 Å². The second-order valence-electron chi connectivity index (χ2n) is 8.43. The molecule has 3 aromatic rings. The molecule has 0 bridgehead atoms. The van der Waals surface area contributed by atoms with E-state index >= 15 is 0 Å². The van der Waals surface area contributed by atoms with Crippen molar-refractivity contribution in [2.45, 2.75) is 23.0 Å². The van der Waals surface area contributed by atoms with Gasteiger partial charge in [-0.05, 0) is 61.3 Å². The molecule has 0 aliphatic carbocycles. The van der Waals surface area contributed by atoms with Gasteiger partial charge in [-0.1, -0.05) is 48.5 Å². The van der Waals surface area contributed by atoms with Crippen molar-refractivity contribution in [3.63, 3.8) is 0 Å². The van der Waals surface area contributed by atoms with Crippen molar-refractivity contribution in [2.75, 3.05) is 44.7 Å². The summed E-state index contributed by atoms with van der Waals surface area (Å²) in [6.07, 6.45) is 1.45. The highest BCUT2D eigenvalue weighted by Gasteiger charge is 2.29. The second-order valence-corrected chi connectivity index (χ2v) is 10.6. The van der Waals surface area contributed by atoms with Crippen LogP contribution >= 0.6 is 0 Å².